The number of carbonyl (C=O) groups excluding carboxylic acids is 1. The van der Waals surface area contributed by atoms with Gasteiger partial charge in [-0.15, -0.1) is 0 Å². The Balaban J connectivity index is 2.41. The lowest BCUT2D eigenvalue weighted by atomic mass is 10.0. The first-order valence-electron chi connectivity index (χ1n) is 6.37. The lowest BCUT2D eigenvalue weighted by Gasteiger charge is -2.11. The zero-order valence-corrected chi connectivity index (χ0v) is 11.3. The van der Waals surface area contributed by atoms with Gasteiger partial charge in [0.2, 0.25) is 0 Å². The first-order chi connectivity index (χ1) is 9.93. The van der Waals surface area contributed by atoms with Crippen LogP contribution in [0.2, 0.25) is 0 Å². The van der Waals surface area contributed by atoms with Crippen LogP contribution in [0, 0.1) is 0 Å². The molecule has 2 nitrogen and oxygen atoms in total. The number of ether oxygens (including phenoxy) is 1. The lowest BCUT2D eigenvalue weighted by Crippen LogP contribution is -2.09. The van der Waals surface area contributed by atoms with Gasteiger partial charge in [-0.1, -0.05) is 24.3 Å². The summed E-state index contributed by atoms with van der Waals surface area (Å²) in [6.45, 7) is 2.14. The number of rotatable bonds is 4. The predicted molar refractivity (Wildman–Crippen MR) is 72.5 cm³/mol. The molecule has 0 heterocycles. The third-order valence-corrected chi connectivity index (χ3v) is 2.88. The Morgan fingerprint density at radius 1 is 1.10 bits per heavy atom. The lowest BCUT2D eigenvalue weighted by molar-refractivity contribution is -0.137. The molecule has 2 aromatic carbocycles. The summed E-state index contributed by atoms with van der Waals surface area (Å²) in [5.41, 5.74) is -0.613. The van der Waals surface area contributed by atoms with Gasteiger partial charge in [0.1, 0.15) is 5.75 Å². The van der Waals surface area contributed by atoms with Crippen LogP contribution in [-0.4, -0.2) is 12.4 Å². The van der Waals surface area contributed by atoms with Crippen LogP contribution >= 0.6 is 0 Å². The van der Waals surface area contributed by atoms with Crippen LogP contribution in [0.25, 0.3) is 0 Å². The van der Waals surface area contributed by atoms with E-state index in [4.69, 9.17) is 4.74 Å². The SMILES string of the molecule is CCOc1ccccc1C(=O)c1cccc(C(F)(F)F)c1. The van der Waals surface area contributed by atoms with E-state index in [1.165, 1.54) is 18.2 Å². The Morgan fingerprint density at radius 2 is 1.81 bits per heavy atom. The number of halogens is 3. The van der Waals surface area contributed by atoms with Gasteiger partial charge in [0.05, 0.1) is 17.7 Å². The molecule has 21 heavy (non-hydrogen) atoms. The minimum Gasteiger partial charge on any atom is -0.493 e. The summed E-state index contributed by atoms with van der Waals surface area (Å²) >= 11 is 0. The molecule has 0 aromatic heterocycles. The predicted octanol–water partition coefficient (Wildman–Crippen LogP) is 4.34. The topological polar surface area (TPSA) is 26.3 Å². The maximum absolute atomic E-state index is 12.7. The number of benzene rings is 2. The third kappa shape index (κ3) is 3.42. The van der Waals surface area contributed by atoms with Crippen molar-refractivity contribution in [3.63, 3.8) is 0 Å². The van der Waals surface area contributed by atoms with Crippen molar-refractivity contribution in [2.24, 2.45) is 0 Å². The average molecular weight is 294 g/mol. The molecule has 0 aliphatic carbocycles. The number of carbonyl (C=O) groups is 1. The van der Waals surface area contributed by atoms with Gasteiger partial charge in [-0.2, -0.15) is 13.2 Å². The first-order valence-corrected chi connectivity index (χ1v) is 6.37. The summed E-state index contributed by atoms with van der Waals surface area (Å²) in [4.78, 5) is 12.4. The van der Waals surface area contributed by atoms with E-state index < -0.39 is 17.5 Å². The molecule has 0 amide bonds. The Kier molecular flexibility index (Phi) is 4.31. The summed E-state index contributed by atoms with van der Waals surface area (Å²) < 4.78 is 43.4. The molecule has 0 aliphatic rings. The highest BCUT2D eigenvalue weighted by molar-refractivity contribution is 6.10. The number of para-hydroxylation sites is 1. The van der Waals surface area contributed by atoms with Crippen LogP contribution < -0.4 is 4.74 Å². The van der Waals surface area contributed by atoms with Gasteiger partial charge in [0, 0.05) is 5.56 Å². The molecule has 0 spiro atoms. The van der Waals surface area contributed by atoms with Gasteiger partial charge in [-0.25, -0.2) is 0 Å². The molecule has 2 rings (SSSR count). The molecular formula is C16H13F3O2. The van der Waals surface area contributed by atoms with E-state index in [0.717, 1.165) is 12.1 Å². The first kappa shape index (κ1) is 15.1. The zero-order valence-electron chi connectivity index (χ0n) is 11.3. The monoisotopic (exact) mass is 294 g/mol. The van der Waals surface area contributed by atoms with Crippen molar-refractivity contribution in [2.75, 3.05) is 6.61 Å². The highest BCUT2D eigenvalue weighted by Gasteiger charge is 2.31. The summed E-state index contributed by atoms with van der Waals surface area (Å²) in [7, 11) is 0. The normalized spacial score (nSPS) is 11.2. The van der Waals surface area contributed by atoms with Crippen LogP contribution in [-0.2, 0) is 6.18 Å². The molecule has 2 aromatic rings. The van der Waals surface area contributed by atoms with Crippen molar-refractivity contribution in [1.29, 1.82) is 0 Å². The highest BCUT2D eigenvalue weighted by atomic mass is 19.4. The Hall–Kier alpha value is -2.30. The molecule has 0 bridgehead atoms. The minimum atomic E-state index is -4.48. The van der Waals surface area contributed by atoms with Crippen LogP contribution in [0.3, 0.4) is 0 Å². The molecule has 0 unspecified atom stereocenters. The second-order valence-electron chi connectivity index (χ2n) is 4.34. The van der Waals surface area contributed by atoms with E-state index in [-0.39, 0.29) is 11.1 Å². The fraction of sp³-hybridized carbons (Fsp3) is 0.188. The van der Waals surface area contributed by atoms with E-state index in [1.54, 1.807) is 25.1 Å². The average Bonchev–Trinajstić information content (AvgIpc) is 2.47. The van der Waals surface area contributed by atoms with Gasteiger partial charge >= 0.3 is 6.18 Å². The fourth-order valence-corrected chi connectivity index (χ4v) is 1.93. The van der Waals surface area contributed by atoms with E-state index in [0.29, 0.717) is 12.4 Å². The van der Waals surface area contributed by atoms with E-state index in [9.17, 15) is 18.0 Å². The molecule has 0 N–H and O–H groups in total. The molecule has 110 valence electrons. The largest absolute Gasteiger partial charge is 0.493 e. The van der Waals surface area contributed by atoms with Crippen molar-refractivity contribution < 1.29 is 22.7 Å². The quantitative estimate of drug-likeness (QED) is 0.784. The van der Waals surface area contributed by atoms with Crippen LogP contribution in [0.1, 0.15) is 28.4 Å². The maximum atomic E-state index is 12.7. The number of hydrogen-bond donors (Lipinski definition) is 0. The second-order valence-corrected chi connectivity index (χ2v) is 4.34. The van der Waals surface area contributed by atoms with E-state index in [2.05, 4.69) is 0 Å². The van der Waals surface area contributed by atoms with E-state index in [1.807, 2.05) is 0 Å². The minimum absolute atomic E-state index is 0.0167. The number of ketones is 1. The third-order valence-electron chi connectivity index (χ3n) is 2.88. The molecule has 5 heteroatoms. The molecular weight excluding hydrogens is 281 g/mol. The van der Waals surface area contributed by atoms with Crippen molar-refractivity contribution >= 4 is 5.78 Å². The highest BCUT2D eigenvalue weighted by Crippen LogP contribution is 2.30. The van der Waals surface area contributed by atoms with Gasteiger partial charge < -0.3 is 4.74 Å². The molecule has 0 saturated carbocycles. The maximum Gasteiger partial charge on any atom is 0.416 e. The zero-order chi connectivity index (χ0) is 15.5. The van der Waals surface area contributed by atoms with Crippen LogP contribution in [0.5, 0.6) is 5.75 Å². The molecule has 0 aliphatic heterocycles. The van der Waals surface area contributed by atoms with Crippen molar-refractivity contribution in [1.82, 2.24) is 0 Å². The second kappa shape index (κ2) is 5.99. The Bertz CT molecular complexity index is 648. The molecule has 0 atom stereocenters. The Morgan fingerprint density at radius 3 is 2.48 bits per heavy atom. The molecule has 0 radical (unpaired) electrons. The van der Waals surface area contributed by atoms with Crippen molar-refractivity contribution in [2.45, 2.75) is 13.1 Å². The summed E-state index contributed by atoms with van der Waals surface area (Å²) in [6, 6.07) is 10.9. The van der Waals surface area contributed by atoms with Gasteiger partial charge in [0.25, 0.3) is 0 Å². The fourth-order valence-electron chi connectivity index (χ4n) is 1.93. The van der Waals surface area contributed by atoms with E-state index >= 15 is 0 Å². The van der Waals surface area contributed by atoms with Gasteiger partial charge in [-0.05, 0) is 31.2 Å². The van der Waals surface area contributed by atoms with Crippen molar-refractivity contribution in [3.8, 4) is 5.75 Å². The standard InChI is InChI=1S/C16H13F3O2/c1-2-21-14-9-4-3-8-13(14)15(20)11-6-5-7-12(10-11)16(17,18)19/h3-10H,2H2,1H3. The molecule has 0 saturated heterocycles. The Labute approximate surface area is 120 Å². The molecule has 0 fully saturated rings. The summed E-state index contributed by atoms with van der Waals surface area (Å²) in [6.07, 6.45) is -4.48. The van der Waals surface area contributed by atoms with Gasteiger partial charge in [0.15, 0.2) is 5.78 Å². The van der Waals surface area contributed by atoms with Crippen LogP contribution in [0.4, 0.5) is 13.2 Å². The smallest absolute Gasteiger partial charge is 0.416 e. The summed E-state index contributed by atoms with van der Waals surface area (Å²) in [5.74, 6) is -0.132. The van der Waals surface area contributed by atoms with Crippen LogP contribution in [0.15, 0.2) is 48.5 Å². The number of hydrogen-bond acceptors (Lipinski definition) is 2. The summed E-state index contributed by atoms with van der Waals surface area (Å²) in [5, 5.41) is 0. The number of alkyl halides is 3. The van der Waals surface area contributed by atoms with Crippen molar-refractivity contribution in [3.05, 3.63) is 65.2 Å². The van der Waals surface area contributed by atoms with Gasteiger partial charge in [-0.3, -0.25) is 4.79 Å².